The molecular weight excluding hydrogens is 307 g/mol. The first kappa shape index (κ1) is 16.3. The van der Waals surface area contributed by atoms with Gasteiger partial charge < -0.3 is 0 Å². The number of benzene rings is 2. The van der Waals surface area contributed by atoms with Gasteiger partial charge in [0.05, 0.1) is 0 Å². The molecule has 5 heteroatoms. The van der Waals surface area contributed by atoms with Crippen LogP contribution in [0.5, 0.6) is 0 Å². The van der Waals surface area contributed by atoms with Crippen LogP contribution in [0.25, 0.3) is 0 Å². The maximum atomic E-state index is 13.1. The highest BCUT2D eigenvalue weighted by Crippen LogP contribution is 2.23. The molecule has 1 atom stereocenters. The molecule has 0 spiro atoms. The zero-order valence-corrected chi connectivity index (χ0v) is 13.3. The highest BCUT2D eigenvalue weighted by atomic mass is 35.5. The van der Waals surface area contributed by atoms with E-state index >= 15 is 0 Å². The molecule has 0 aliphatic carbocycles. The number of hydrazine groups is 1. The van der Waals surface area contributed by atoms with E-state index < -0.39 is 0 Å². The lowest BCUT2D eigenvalue weighted by Crippen LogP contribution is -2.38. The molecule has 0 aromatic heterocycles. The van der Waals surface area contributed by atoms with Gasteiger partial charge in [-0.1, -0.05) is 23.7 Å². The van der Waals surface area contributed by atoms with E-state index in [1.807, 2.05) is 37.3 Å². The third-order valence-corrected chi connectivity index (χ3v) is 4.65. The Bertz CT molecular complexity index is 607. The van der Waals surface area contributed by atoms with Crippen LogP contribution in [0.2, 0.25) is 5.02 Å². The Labute approximate surface area is 133 Å². The third-order valence-electron chi connectivity index (χ3n) is 3.25. The van der Waals surface area contributed by atoms with E-state index in [1.165, 1.54) is 6.07 Å². The van der Waals surface area contributed by atoms with Gasteiger partial charge in [-0.3, -0.25) is 11.3 Å². The molecule has 0 bridgehead atoms. The lowest BCUT2D eigenvalue weighted by atomic mass is 10.0. The first-order valence-corrected chi connectivity index (χ1v) is 8.04. The van der Waals surface area contributed by atoms with Crippen LogP contribution in [0.4, 0.5) is 4.39 Å². The lowest BCUT2D eigenvalue weighted by Gasteiger charge is -2.17. The molecule has 0 aliphatic rings. The Hall–Kier alpha value is -1.07. The maximum Gasteiger partial charge on any atom is 0.123 e. The van der Waals surface area contributed by atoms with Crippen molar-refractivity contribution in [3.63, 3.8) is 0 Å². The van der Waals surface area contributed by atoms with Crippen LogP contribution in [0.15, 0.2) is 47.4 Å². The molecule has 0 fully saturated rings. The topological polar surface area (TPSA) is 38.0 Å². The number of hydrogen-bond acceptors (Lipinski definition) is 3. The molecule has 0 aliphatic heterocycles. The van der Waals surface area contributed by atoms with Gasteiger partial charge in [0.1, 0.15) is 5.82 Å². The summed E-state index contributed by atoms with van der Waals surface area (Å²) in [6.45, 7) is 1.91. The van der Waals surface area contributed by atoms with Gasteiger partial charge in [0.15, 0.2) is 0 Å². The fraction of sp³-hybridized carbons (Fsp3) is 0.250. The number of nitrogens with one attached hydrogen (secondary N) is 1. The standard InChI is InChI=1S/C16H18ClFN2S/c1-11-7-14(18)6-5-12(11)8-15(20-19)10-21-16-4-2-3-13(17)9-16/h2-7,9,15,20H,8,10,19H2,1H3. The first-order valence-electron chi connectivity index (χ1n) is 6.68. The second kappa shape index (κ2) is 7.80. The molecule has 2 aromatic rings. The van der Waals surface area contributed by atoms with Gasteiger partial charge in [0.25, 0.3) is 0 Å². The predicted molar refractivity (Wildman–Crippen MR) is 88.1 cm³/mol. The minimum absolute atomic E-state index is 0.109. The minimum Gasteiger partial charge on any atom is -0.271 e. The smallest absolute Gasteiger partial charge is 0.123 e. The normalized spacial score (nSPS) is 12.4. The van der Waals surface area contributed by atoms with E-state index in [4.69, 9.17) is 17.4 Å². The molecule has 0 saturated carbocycles. The molecule has 1 unspecified atom stereocenters. The van der Waals surface area contributed by atoms with Gasteiger partial charge in [0, 0.05) is 21.7 Å². The molecule has 21 heavy (non-hydrogen) atoms. The van der Waals surface area contributed by atoms with Gasteiger partial charge in [-0.15, -0.1) is 11.8 Å². The van der Waals surface area contributed by atoms with Crippen LogP contribution < -0.4 is 11.3 Å². The zero-order valence-electron chi connectivity index (χ0n) is 11.8. The number of rotatable bonds is 6. The van der Waals surface area contributed by atoms with Crippen LogP contribution >= 0.6 is 23.4 Å². The van der Waals surface area contributed by atoms with E-state index in [0.29, 0.717) is 0 Å². The van der Waals surface area contributed by atoms with Crippen LogP contribution in [0.3, 0.4) is 0 Å². The number of halogens is 2. The number of thioether (sulfide) groups is 1. The Morgan fingerprint density at radius 3 is 2.76 bits per heavy atom. The molecule has 2 nitrogen and oxygen atoms in total. The summed E-state index contributed by atoms with van der Waals surface area (Å²) in [4.78, 5) is 1.11. The summed E-state index contributed by atoms with van der Waals surface area (Å²) in [6, 6.07) is 12.7. The molecule has 0 amide bonds. The van der Waals surface area contributed by atoms with E-state index in [2.05, 4.69) is 5.43 Å². The summed E-state index contributed by atoms with van der Waals surface area (Å²) in [7, 11) is 0. The summed E-state index contributed by atoms with van der Waals surface area (Å²) < 4.78 is 13.1. The summed E-state index contributed by atoms with van der Waals surface area (Å²) >= 11 is 7.66. The number of aryl methyl sites for hydroxylation is 1. The third kappa shape index (κ3) is 5.00. The maximum absolute atomic E-state index is 13.1. The van der Waals surface area contributed by atoms with Crippen LogP contribution in [-0.4, -0.2) is 11.8 Å². The number of hydrogen-bond donors (Lipinski definition) is 2. The van der Waals surface area contributed by atoms with Gasteiger partial charge in [0.2, 0.25) is 0 Å². The van der Waals surface area contributed by atoms with Crippen LogP contribution in [0.1, 0.15) is 11.1 Å². The highest BCUT2D eigenvalue weighted by molar-refractivity contribution is 7.99. The average Bonchev–Trinajstić information content (AvgIpc) is 2.45. The second-order valence-corrected chi connectivity index (χ2v) is 6.44. The minimum atomic E-state index is -0.207. The predicted octanol–water partition coefficient (Wildman–Crippen LogP) is 3.95. The Balaban J connectivity index is 1.97. The Morgan fingerprint density at radius 2 is 2.10 bits per heavy atom. The van der Waals surface area contributed by atoms with Gasteiger partial charge in [-0.2, -0.15) is 0 Å². The average molecular weight is 325 g/mol. The Morgan fingerprint density at radius 1 is 1.29 bits per heavy atom. The van der Waals surface area contributed by atoms with Crippen molar-refractivity contribution >= 4 is 23.4 Å². The molecule has 2 rings (SSSR count). The van der Waals surface area contributed by atoms with Gasteiger partial charge in [-0.25, -0.2) is 4.39 Å². The van der Waals surface area contributed by atoms with Crippen molar-refractivity contribution in [3.8, 4) is 0 Å². The van der Waals surface area contributed by atoms with Gasteiger partial charge in [-0.05, 0) is 54.8 Å². The first-order chi connectivity index (χ1) is 10.1. The molecular formula is C16H18ClFN2S. The quantitative estimate of drug-likeness (QED) is 0.480. The Kier molecular flexibility index (Phi) is 6.06. The van der Waals surface area contributed by atoms with Crippen LogP contribution in [0, 0.1) is 12.7 Å². The van der Waals surface area contributed by atoms with E-state index in [-0.39, 0.29) is 11.9 Å². The molecule has 112 valence electrons. The van der Waals surface area contributed by atoms with Crippen molar-refractivity contribution in [2.75, 3.05) is 5.75 Å². The van der Waals surface area contributed by atoms with Crippen molar-refractivity contribution in [2.24, 2.45) is 5.84 Å². The van der Waals surface area contributed by atoms with Crippen molar-refractivity contribution in [1.82, 2.24) is 5.43 Å². The highest BCUT2D eigenvalue weighted by Gasteiger charge is 2.11. The van der Waals surface area contributed by atoms with Crippen molar-refractivity contribution < 1.29 is 4.39 Å². The van der Waals surface area contributed by atoms with Crippen molar-refractivity contribution in [3.05, 3.63) is 64.4 Å². The zero-order chi connectivity index (χ0) is 15.2. The molecule has 2 aromatic carbocycles. The summed E-state index contributed by atoms with van der Waals surface area (Å²) in [5, 5.41) is 0.728. The fourth-order valence-corrected chi connectivity index (χ4v) is 3.32. The summed E-state index contributed by atoms with van der Waals surface area (Å²) in [5.41, 5.74) is 4.88. The summed E-state index contributed by atoms with van der Waals surface area (Å²) in [6.07, 6.45) is 0.760. The molecule has 0 heterocycles. The van der Waals surface area contributed by atoms with Gasteiger partial charge >= 0.3 is 0 Å². The monoisotopic (exact) mass is 324 g/mol. The molecule has 0 saturated heterocycles. The van der Waals surface area contributed by atoms with E-state index in [1.54, 1.807) is 17.8 Å². The summed E-state index contributed by atoms with van der Waals surface area (Å²) in [5.74, 6) is 6.24. The number of nitrogens with two attached hydrogens (primary N) is 1. The molecule has 3 N–H and O–H groups in total. The fourth-order valence-electron chi connectivity index (χ4n) is 2.07. The SMILES string of the molecule is Cc1cc(F)ccc1CC(CSc1cccc(Cl)c1)NN. The van der Waals surface area contributed by atoms with Crippen LogP contribution in [-0.2, 0) is 6.42 Å². The van der Waals surface area contributed by atoms with E-state index in [9.17, 15) is 4.39 Å². The van der Waals surface area contributed by atoms with Crippen molar-refractivity contribution in [1.29, 1.82) is 0 Å². The van der Waals surface area contributed by atoms with Crippen molar-refractivity contribution in [2.45, 2.75) is 24.3 Å². The lowest BCUT2D eigenvalue weighted by molar-refractivity contribution is 0.572. The molecule has 0 radical (unpaired) electrons. The largest absolute Gasteiger partial charge is 0.271 e. The van der Waals surface area contributed by atoms with E-state index in [0.717, 1.165) is 33.2 Å². The second-order valence-electron chi connectivity index (χ2n) is 4.91.